The van der Waals surface area contributed by atoms with Crippen LogP contribution in [-0.4, -0.2) is 47.9 Å². The number of rotatable bonds is 9. The number of hydrogen-bond donors (Lipinski definition) is 1. The number of amidine groups is 1. The molecule has 0 aromatic heterocycles. The van der Waals surface area contributed by atoms with Gasteiger partial charge < -0.3 is 14.8 Å². The summed E-state index contributed by atoms with van der Waals surface area (Å²) < 4.78 is 10.7. The standard InChI is InChI=1S/C28H29N3O4S/c1-34-23-14-13-21(17-24(23)35-2)19-31-26(32)18-25(36-28(31)30-22-11-7-4-8-12-22)27(33)29-16-15-20-9-5-3-6-10-20/h3-14,17,25H,15-16,18-19H2,1-2H3,(H,29,33). The van der Waals surface area contributed by atoms with Crippen molar-refractivity contribution < 1.29 is 19.1 Å². The number of ether oxygens (including phenoxy) is 2. The van der Waals surface area contributed by atoms with Crippen molar-refractivity contribution in [3.8, 4) is 11.5 Å². The summed E-state index contributed by atoms with van der Waals surface area (Å²) >= 11 is 1.32. The summed E-state index contributed by atoms with van der Waals surface area (Å²) in [5, 5.41) is 2.93. The Balaban J connectivity index is 1.51. The molecule has 1 saturated heterocycles. The van der Waals surface area contributed by atoms with Crippen LogP contribution in [0.5, 0.6) is 11.5 Å². The van der Waals surface area contributed by atoms with Crippen LogP contribution >= 0.6 is 11.8 Å². The van der Waals surface area contributed by atoms with Gasteiger partial charge in [0.15, 0.2) is 16.7 Å². The third-order valence-corrected chi connectivity index (χ3v) is 6.95. The number of amides is 2. The number of hydrogen-bond acceptors (Lipinski definition) is 6. The van der Waals surface area contributed by atoms with Gasteiger partial charge in [-0.15, -0.1) is 0 Å². The van der Waals surface area contributed by atoms with Crippen LogP contribution in [0, 0.1) is 0 Å². The summed E-state index contributed by atoms with van der Waals surface area (Å²) in [5.74, 6) is 0.896. The zero-order valence-corrected chi connectivity index (χ0v) is 21.2. The molecule has 1 unspecified atom stereocenters. The highest BCUT2D eigenvalue weighted by molar-refractivity contribution is 8.15. The van der Waals surface area contributed by atoms with Crippen LogP contribution in [0.15, 0.2) is 83.9 Å². The lowest BCUT2D eigenvalue weighted by molar-refractivity contribution is -0.130. The predicted molar refractivity (Wildman–Crippen MR) is 143 cm³/mol. The zero-order chi connectivity index (χ0) is 25.3. The molecule has 7 nitrogen and oxygen atoms in total. The highest BCUT2D eigenvalue weighted by atomic mass is 32.2. The third-order valence-electron chi connectivity index (χ3n) is 5.76. The van der Waals surface area contributed by atoms with Crippen LogP contribution in [0.4, 0.5) is 5.69 Å². The Morgan fingerprint density at radius 1 is 0.972 bits per heavy atom. The van der Waals surface area contributed by atoms with Crippen LogP contribution in [0.3, 0.4) is 0 Å². The summed E-state index contributed by atoms with van der Waals surface area (Å²) in [6.45, 7) is 0.814. The molecule has 3 aromatic rings. The van der Waals surface area contributed by atoms with Gasteiger partial charge in [0.05, 0.1) is 31.7 Å². The van der Waals surface area contributed by atoms with E-state index in [-0.39, 0.29) is 18.2 Å². The topological polar surface area (TPSA) is 80.2 Å². The number of carbonyl (C=O) groups excluding carboxylic acids is 2. The molecule has 0 radical (unpaired) electrons. The van der Waals surface area contributed by atoms with Crippen LogP contribution in [0.1, 0.15) is 17.5 Å². The van der Waals surface area contributed by atoms with Gasteiger partial charge in [-0.1, -0.05) is 66.4 Å². The first kappa shape index (κ1) is 25.3. The second-order valence-electron chi connectivity index (χ2n) is 8.24. The van der Waals surface area contributed by atoms with Crippen molar-refractivity contribution in [3.05, 3.63) is 90.0 Å². The average molecular weight is 504 g/mol. The SMILES string of the molecule is COc1ccc(CN2C(=O)CC(C(=O)NCCc3ccccc3)SC2=Nc2ccccc2)cc1OC. The number of para-hydroxylation sites is 1. The van der Waals surface area contributed by atoms with E-state index in [4.69, 9.17) is 14.5 Å². The minimum atomic E-state index is -0.544. The van der Waals surface area contributed by atoms with E-state index in [9.17, 15) is 9.59 Å². The molecule has 1 aliphatic heterocycles. The first-order valence-corrected chi connectivity index (χ1v) is 12.6. The normalized spacial score (nSPS) is 16.6. The number of methoxy groups -OCH3 is 2. The van der Waals surface area contributed by atoms with Crippen molar-refractivity contribution in [2.45, 2.75) is 24.6 Å². The highest BCUT2D eigenvalue weighted by Gasteiger charge is 2.36. The Hall–Kier alpha value is -3.78. The number of carbonyl (C=O) groups is 2. The number of nitrogens with one attached hydrogen (secondary N) is 1. The molecule has 1 heterocycles. The largest absolute Gasteiger partial charge is 0.493 e. The molecule has 1 atom stereocenters. The monoisotopic (exact) mass is 503 g/mol. The maximum Gasteiger partial charge on any atom is 0.234 e. The van der Waals surface area contributed by atoms with Crippen molar-refractivity contribution >= 4 is 34.4 Å². The van der Waals surface area contributed by atoms with E-state index in [1.165, 1.54) is 11.8 Å². The molecule has 1 N–H and O–H groups in total. The summed E-state index contributed by atoms with van der Waals surface area (Å²) in [6, 6.07) is 25.0. The first-order chi connectivity index (χ1) is 17.6. The lowest BCUT2D eigenvalue weighted by atomic mass is 10.1. The van der Waals surface area contributed by atoms with Gasteiger partial charge in [0, 0.05) is 13.0 Å². The van der Waals surface area contributed by atoms with E-state index in [1.807, 2.05) is 78.9 Å². The molecular formula is C28H29N3O4S. The van der Waals surface area contributed by atoms with Gasteiger partial charge in [-0.2, -0.15) is 0 Å². The number of thioether (sulfide) groups is 1. The number of aliphatic imine (C=N–C) groups is 1. The molecule has 0 saturated carbocycles. The van der Waals surface area contributed by atoms with E-state index < -0.39 is 5.25 Å². The van der Waals surface area contributed by atoms with Crippen LogP contribution in [0.2, 0.25) is 0 Å². The number of benzene rings is 3. The Kier molecular flexibility index (Phi) is 8.62. The van der Waals surface area contributed by atoms with Crippen LogP contribution in [0.25, 0.3) is 0 Å². The molecule has 36 heavy (non-hydrogen) atoms. The predicted octanol–water partition coefficient (Wildman–Crippen LogP) is 4.58. The average Bonchev–Trinajstić information content (AvgIpc) is 2.91. The maximum absolute atomic E-state index is 13.3. The molecule has 1 aliphatic rings. The lowest BCUT2D eigenvalue weighted by Crippen LogP contribution is -2.46. The third kappa shape index (κ3) is 6.46. The quantitative estimate of drug-likeness (QED) is 0.462. The Bertz CT molecular complexity index is 1220. The highest BCUT2D eigenvalue weighted by Crippen LogP contribution is 2.32. The molecule has 186 valence electrons. The van der Waals surface area contributed by atoms with Gasteiger partial charge in [0.2, 0.25) is 11.8 Å². The van der Waals surface area contributed by atoms with Gasteiger partial charge in [0.1, 0.15) is 0 Å². The first-order valence-electron chi connectivity index (χ1n) is 11.7. The van der Waals surface area contributed by atoms with Crippen molar-refractivity contribution in [3.63, 3.8) is 0 Å². The van der Waals surface area contributed by atoms with Crippen molar-refractivity contribution in [2.24, 2.45) is 4.99 Å². The molecule has 2 amide bonds. The minimum Gasteiger partial charge on any atom is -0.493 e. The minimum absolute atomic E-state index is 0.100. The molecule has 3 aromatic carbocycles. The molecule has 8 heteroatoms. The van der Waals surface area contributed by atoms with Crippen LogP contribution in [-0.2, 0) is 22.6 Å². The molecule has 0 aliphatic carbocycles. The maximum atomic E-state index is 13.3. The smallest absolute Gasteiger partial charge is 0.234 e. The van der Waals surface area contributed by atoms with Gasteiger partial charge >= 0.3 is 0 Å². The summed E-state index contributed by atoms with van der Waals surface area (Å²) in [6.07, 6.45) is 0.831. The van der Waals surface area contributed by atoms with E-state index >= 15 is 0 Å². The van der Waals surface area contributed by atoms with Gasteiger partial charge in [-0.05, 0) is 41.8 Å². The van der Waals surface area contributed by atoms with E-state index in [0.29, 0.717) is 29.8 Å². The fraction of sp³-hybridized carbons (Fsp3) is 0.250. The Labute approximate surface area is 215 Å². The second kappa shape index (κ2) is 12.3. The van der Waals surface area contributed by atoms with Crippen molar-refractivity contribution in [1.82, 2.24) is 10.2 Å². The van der Waals surface area contributed by atoms with Crippen molar-refractivity contribution in [1.29, 1.82) is 0 Å². The fourth-order valence-electron chi connectivity index (χ4n) is 3.86. The molecule has 0 bridgehead atoms. The molecular weight excluding hydrogens is 474 g/mol. The summed E-state index contributed by atoms with van der Waals surface area (Å²) in [7, 11) is 3.16. The Morgan fingerprint density at radius 2 is 1.67 bits per heavy atom. The Morgan fingerprint density at radius 3 is 2.36 bits per heavy atom. The summed E-state index contributed by atoms with van der Waals surface area (Å²) in [4.78, 5) is 32.6. The van der Waals surface area contributed by atoms with Gasteiger partial charge in [0.25, 0.3) is 0 Å². The zero-order valence-electron chi connectivity index (χ0n) is 20.3. The van der Waals surface area contributed by atoms with Crippen molar-refractivity contribution in [2.75, 3.05) is 20.8 Å². The fourth-order valence-corrected chi connectivity index (χ4v) is 4.98. The van der Waals surface area contributed by atoms with E-state index in [1.54, 1.807) is 19.1 Å². The molecule has 0 spiro atoms. The second-order valence-corrected chi connectivity index (χ2v) is 9.41. The van der Waals surface area contributed by atoms with Gasteiger partial charge in [-0.25, -0.2) is 4.99 Å². The molecule has 1 fully saturated rings. The van der Waals surface area contributed by atoms with E-state index in [2.05, 4.69) is 5.32 Å². The van der Waals surface area contributed by atoms with E-state index in [0.717, 1.165) is 23.2 Å². The summed E-state index contributed by atoms with van der Waals surface area (Å²) in [5.41, 5.74) is 2.74. The number of nitrogens with zero attached hydrogens (tertiary/aromatic N) is 2. The van der Waals surface area contributed by atoms with Crippen LogP contribution < -0.4 is 14.8 Å². The lowest BCUT2D eigenvalue weighted by Gasteiger charge is -2.32. The van der Waals surface area contributed by atoms with Gasteiger partial charge in [-0.3, -0.25) is 14.5 Å². The molecule has 4 rings (SSSR count).